The van der Waals surface area contributed by atoms with Crippen molar-refractivity contribution in [1.29, 1.82) is 5.41 Å². The van der Waals surface area contributed by atoms with Gasteiger partial charge in [0.2, 0.25) is 5.91 Å². The molecule has 186 valence electrons. The Morgan fingerprint density at radius 3 is 2.54 bits per heavy atom. The number of anilines is 1. The Kier molecular flexibility index (Phi) is 7.96. The van der Waals surface area contributed by atoms with Crippen molar-refractivity contribution in [2.24, 2.45) is 11.7 Å². The van der Waals surface area contributed by atoms with E-state index in [0.29, 0.717) is 31.1 Å². The normalized spacial score (nSPS) is 14.7. The number of rotatable bonds is 9. The number of amides is 1. The lowest BCUT2D eigenvalue weighted by atomic mass is 9.95. The van der Waals surface area contributed by atoms with Gasteiger partial charge in [0.25, 0.3) is 0 Å². The van der Waals surface area contributed by atoms with Gasteiger partial charge in [0.1, 0.15) is 16.8 Å². The summed E-state index contributed by atoms with van der Waals surface area (Å²) in [6.45, 7) is 0.801. The van der Waals surface area contributed by atoms with Crippen molar-refractivity contribution in [1.82, 2.24) is 10.3 Å². The molecule has 1 saturated heterocycles. The zero-order chi connectivity index (χ0) is 25.7. The molecule has 0 spiro atoms. The average molecular weight is 508 g/mol. The second-order valence-corrected chi connectivity index (χ2v) is 8.72. The standard InChI is InChI=1S/C21H22FN5O7S/c22-12-7-11(17(23)24)1-2-14(12)34-20(33)15-9-25-21(35-15)27-5-3-10(4-6-27)18(30)26-13(19(31)32)8-16(28)29/h1-2,7,9-10,13H,3-6,8H2,(H3,23,24)(H,26,30)(H,28,29)(H,31,32)/t13-/m0/s1. The molecule has 35 heavy (non-hydrogen) atoms. The molecule has 12 nitrogen and oxygen atoms in total. The van der Waals surface area contributed by atoms with Crippen molar-refractivity contribution >= 4 is 46.1 Å². The Labute approximate surface area is 202 Å². The topological polar surface area (TPSA) is 196 Å². The first-order chi connectivity index (χ1) is 16.5. The summed E-state index contributed by atoms with van der Waals surface area (Å²) >= 11 is 1.03. The molecule has 1 aromatic heterocycles. The number of thiazole rings is 1. The fourth-order valence-corrected chi connectivity index (χ4v) is 4.25. The van der Waals surface area contributed by atoms with Gasteiger partial charge < -0.3 is 30.9 Å². The number of nitrogen functional groups attached to an aromatic ring is 1. The molecule has 0 unspecified atom stereocenters. The van der Waals surface area contributed by atoms with E-state index in [1.54, 1.807) is 0 Å². The summed E-state index contributed by atoms with van der Waals surface area (Å²) < 4.78 is 19.2. The van der Waals surface area contributed by atoms with Crippen LogP contribution < -0.4 is 20.7 Å². The number of carbonyl (C=O) groups is 4. The van der Waals surface area contributed by atoms with Gasteiger partial charge in [-0.3, -0.25) is 15.0 Å². The van der Waals surface area contributed by atoms with Crippen LogP contribution in [0.5, 0.6) is 5.75 Å². The molecular formula is C21H22FN5O7S. The van der Waals surface area contributed by atoms with Crippen LogP contribution in [0.2, 0.25) is 0 Å². The number of nitrogens with one attached hydrogen (secondary N) is 2. The van der Waals surface area contributed by atoms with Gasteiger partial charge in [-0.25, -0.2) is 19.0 Å². The highest BCUT2D eigenvalue weighted by molar-refractivity contribution is 7.17. The summed E-state index contributed by atoms with van der Waals surface area (Å²) in [6.07, 6.45) is 1.33. The van der Waals surface area contributed by atoms with Gasteiger partial charge in [0.05, 0.1) is 12.6 Å². The fourth-order valence-electron chi connectivity index (χ4n) is 3.40. The van der Waals surface area contributed by atoms with Crippen LogP contribution in [-0.2, 0) is 14.4 Å². The molecule has 0 aliphatic carbocycles. The molecule has 3 rings (SSSR count). The maximum atomic E-state index is 14.1. The van der Waals surface area contributed by atoms with E-state index in [-0.39, 0.29) is 22.0 Å². The van der Waals surface area contributed by atoms with Crippen molar-refractivity contribution in [2.75, 3.05) is 18.0 Å². The highest BCUT2D eigenvalue weighted by Gasteiger charge is 2.30. The molecule has 1 fully saturated rings. The van der Waals surface area contributed by atoms with Crippen molar-refractivity contribution in [3.05, 3.63) is 40.7 Å². The summed E-state index contributed by atoms with van der Waals surface area (Å²) in [5.74, 6) is -6.06. The van der Waals surface area contributed by atoms with E-state index in [9.17, 15) is 23.6 Å². The van der Waals surface area contributed by atoms with Crippen LogP contribution in [0.25, 0.3) is 0 Å². The van der Waals surface area contributed by atoms with E-state index in [1.165, 1.54) is 18.3 Å². The first kappa shape index (κ1) is 25.6. The molecule has 1 aromatic carbocycles. The van der Waals surface area contributed by atoms with Crippen LogP contribution >= 0.6 is 11.3 Å². The Bertz CT molecular complexity index is 1160. The number of carboxylic acid groups (broad SMARTS) is 2. The number of ether oxygens (including phenoxy) is 1. The van der Waals surface area contributed by atoms with E-state index in [1.807, 2.05) is 4.90 Å². The minimum absolute atomic E-state index is 0.132. The highest BCUT2D eigenvalue weighted by Crippen LogP contribution is 2.29. The molecule has 0 saturated carbocycles. The lowest BCUT2D eigenvalue weighted by molar-refractivity contribution is -0.147. The number of amidine groups is 1. The monoisotopic (exact) mass is 507 g/mol. The predicted molar refractivity (Wildman–Crippen MR) is 121 cm³/mol. The molecule has 14 heteroatoms. The number of aromatic nitrogens is 1. The third kappa shape index (κ3) is 6.50. The third-order valence-corrected chi connectivity index (χ3v) is 6.31. The Morgan fingerprint density at radius 2 is 1.97 bits per heavy atom. The van der Waals surface area contributed by atoms with Gasteiger partial charge in [0, 0.05) is 24.6 Å². The van der Waals surface area contributed by atoms with Crippen molar-refractivity contribution in [3.63, 3.8) is 0 Å². The molecule has 1 aliphatic rings. The molecule has 2 heterocycles. The average Bonchev–Trinajstić information content (AvgIpc) is 3.30. The number of halogens is 1. The number of benzene rings is 1. The highest BCUT2D eigenvalue weighted by atomic mass is 32.1. The molecular weight excluding hydrogens is 485 g/mol. The first-order valence-corrected chi connectivity index (χ1v) is 11.2. The van der Waals surface area contributed by atoms with Crippen molar-refractivity contribution < 1.29 is 38.5 Å². The van der Waals surface area contributed by atoms with E-state index in [0.717, 1.165) is 17.4 Å². The van der Waals surface area contributed by atoms with Gasteiger partial charge in [-0.05, 0) is 31.0 Å². The van der Waals surface area contributed by atoms with Gasteiger partial charge in [-0.1, -0.05) is 11.3 Å². The molecule has 2 aromatic rings. The fraction of sp³-hybridized carbons (Fsp3) is 0.333. The largest absolute Gasteiger partial charge is 0.481 e. The molecule has 0 radical (unpaired) electrons. The molecule has 6 N–H and O–H groups in total. The SMILES string of the molecule is N=C(N)c1ccc(OC(=O)c2cnc(N3CCC(C(=O)N[C@@H](CC(=O)O)C(=O)O)CC3)s2)c(F)c1. The van der Waals surface area contributed by atoms with E-state index in [2.05, 4.69) is 10.3 Å². The van der Waals surface area contributed by atoms with Crippen LogP contribution in [0.3, 0.4) is 0 Å². The van der Waals surface area contributed by atoms with Crippen LogP contribution in [-0.4, -0.2) is 64.0 Å². The maximum absolute atomic E-state index is 14.1. The van der Waals surface area contributed by atoms with Crippen molar-refractivity contribution in [3.8, 4) is 5.75 Å². The summed E-state index contributed by atoms with van der Waals surface area (Å²) in [7, 11) is 0. The second kappa shape index (κ2) is 10.9. The smallest absolute Gasteiger partial charge is 0.355 e. The lowest BCUT2D eigenvalue weighted by Crippen LogP contribution is -2.47. The summed E-state index contributed by atoms with van der Waals surface area (Å²) in [6, 6.07) is 2.04. The van der Waals surface area contributed by atoms with Crippen LogP contribution in [0.4, 0.5) is 9.52 Å². The summed E-state index contributed by atoms with van der Waals surface area (Å²) in [4.78, 5) is 52.9. The van der Waals surface area contributed by atoms with Gasteiger partial charge in [0.15, 0.2) is 16.7 Å². The number of piperidine rings is 1. The minimum Gasteiger partial charge on any atom is -0.481 e. The second-order valence-electron chi connectivity index (χ2n) is 7.71. The number of carbonyl (C=O) groups excluding carboxylic acids is 2. The Morgan fingerprint density at radius 1 is 1.29 bits per heavy atom. The number of aliphatic carboxylic acids is 2. The predicted octanol–water partition coefficient (Wildman–Crippen LogP) is 1.05. The number of nitrogens with zero attached hydrogens (tertiary/aromatic N) is 2. The lowest BCUT2D eigenvalue weighted by Gasteiger charge is -2.31. The van der Waals surface area contributed by atoms with Crippen LogP contribution in [0.15, 0.2) is 24.4 Å². The quantitative estimate of drug-likeness (QED) is 0.142. The zero-order valence-electron chi connectivity index (χ0n) is 18.2. The minimum atomic E-state index is -1.51. The number of hydrogen-bond acceptors (Lipinski definition) is 9. The summed E-state index contributed by atoms with van der Waals surface area (Å²) in [5.41, 5.74) is 5.46. The van der Waals surface area contributed by atoms with Gasteiger partial charge in [-0.15, -0.1) is 0 Å². The van der Waals surface area contributed by atoms with E-state index < -0.39 is 48.0 Å². The number of hydrogen-bond donors (Lipinski definition) is 5. The molecule has 1 aliphatic heterocycles. The Balaban J connectivity index is 1.56. The van der Waals surface area contributed by atoms with E-state index in [4.69, 9.17) is 26.1 Å². The maximum Gasteiger partial charge on any atom is 0.355 e. The number of carboxylic acids is 2. The molecule has 1 amide bonds. The van der Waals surface area contributed by atoms with Crippen LogP contribution in [0, 0.1) is 17.1 Å². The molecule has 1 atom stereocenters. The van der Waals surface area contributed by atoms with Crippen molar-refractivity contribution in [2.45, 2.75) is 25.3 Å². The number of esters is 1. The third-order valence-electron chi connectivity index (χ3n) is 5.27. The van der Waals surface area contributed by atoms with E-state index >= 15 is 0 Å². The Hall–Kier alpha value is -4.07. The van der Waals surface area contributed by atoms with Gasteiger partial charge >= 0.3 is 17.9 Å². The first-order valence-electron chi connectivity index (χ1n) is 10.4. The molecule has 0 bridgehead atoms. The van der Waals surface area contributed by atoms with Gasteiger partial charge in [-0.2, -0.15) is 0 Å². The zero-order valence-corrected chi connectivity index (χ0v) is 19.0. The van der Waals surface area contributed by atoms with Crippen LogP contribution in [0.1, 0.15) is 34.5 Å². The summed E-state index contributed by atoms with van der Waals surface area (Å²) in [5, 5.41) is 28.0. The number of nitrogens with two attached hydrogens (primary N) is 1.